The lowest BCUT2D eigenvalue weighted by Crippen LogP contribution is -2.16. The van der Waals surface area contributed by atoms with Gasteiger partial charge in [0.15, 0.2) is 0 Å². The van der Waals surface area contributed by atoms with Gasteiger partial charge in [0.2, 0.25) is 0 Å². The van der Waals surface area contributed by atoms with Crippen LogP contribution in [0.1, 0.15) is 6.92 Å². The number of hydrogen-bond donors (Lipinski definition) is 3. The van der Waals surface area contributed by atoms with E-state index in [0.717, 1.165) is 0 Å². The van der Waals surface area contributed by atoms with Gasteiger partial charge in [-0.3, -0.25) is 0 Å². The molecule has 0 saturated heterocycles. The van der Waals surface area contributed by atoms with Crippen molar-refractivity contribution in [3.63, 3.8) is 0 Å². The molecule has 66 valence electrons. The summed E-state index contributed by atoms with van der Waals surface area (Å²) in [5, 5.41) is 19.2. The van der Waals surface area contributed by atoms with Crippen LogP contribution in [-0.4, -0.2) is 28.0 Å². The molecule has 1 rings (SSSR count). The van der Waals surface area contributed by atoms with E-state index in [0.29, 0.717) is 18.2 Å². The Labute approximate surface area is 70.6 Å². The second kappa shape index (κ2) is 3.87. The number of rotatable bonds is 3. The van der Waals surface area contributed by atoms with Gasteiger partial charge in [-0.15, -0.1) is 10.2 Å². The second-order valence-electron chi connectivity index (χ2n) is 2.57. The van der Waals surface area contributed by atoms with Crippen LogP contribution in [0.3, 0.4) is 0 Å². The largest absolute Gasteiger partial charge is 0.392 e. The van der Waals surface area contributed by atoms with Gasteiger partial charge in [-0.25, -0.2) is 0 Å². The first-order valence-corrected chi connectivity index (χ1v) is 3.69. The summed E-state index contributed by atoms with van der Waals surface area (Å²) < 4.78 is 0. The molecule has 0 saturated carbocycles. The fourth-order valence-corrected chi connectivity index (χ4v) is 0.689. The molecule has 0 aromatic carbocycles. The smallest absolute Gasteiger partial charge is 0.148 e. The standard InChI is InChI=1S/C7H12N4O/c1-5(12)4-9-7-3-2-6(8)10-11-7/h2-3,5,12H,4H2,1H3,(H2,8,10)(H,9,11). The monoisotopic (exact) mass is 168 g/mol. The summed E-state index contributed by atoms with van der Waals surface area (Å²) in [6.45, 7) is 2.15. The molecule has 0 aliphatic rings. The van der Waals surface area contributed by atoms with Crippen LogP contribution in [0.4, 0.5) is 11.6 Å². The van der Waals surface area contributed by atoms with Crippen LogP contribution >= 0.6 is 0 Å². The minimum atomic E-state index is -0.399. The quantitative estimate of drug-likeness (QED) is 0.584. The van der Waals surface area contributed by atoms with Gasteiger partial charge in [0.1, 0.15) is 11.6 Å². The minimum absolute atomic E-state index is 0.387. The number of aliphatic hydroxyl groups is 1. The molecule has 0 radical (unpaired) electrons. The van der Waals surface area contributed by atoms with Crippen LogP contribution in [0.2, 0.25) is 0 Å². The fraction of sp³-hybridized carbons (Fsp3) is 0.429. The van der Waals surface area contributed by atoms with Gasteiger partial charge in [-0.05, 0) is 19.1 Å². The molecule has 5 nitrogen and oxygen atoms in total. The Balaban J connectivity index is 2.48. The van der Waals surface area contributed by atoms with Crippen LogP contribution in [0.25, 0.3) is 0 Å². The average molecular weight is 168 g/mol. The highest BCUT2D eigenvalue weighted by Crippen LogP contribution is 2.01. The SMILES string of the molecule is CC(O)CNc1ccc(N)nn1. The molecule has 12 heavy (non-hydrogen) atoms. The van der Waals surface area contributed by atoms with Crippen LogP contribution in [0, 0.1) is 0 Å². The number of hydrogen-bond acceptors (Lipinski definition) is 5. The third-order valence-electron chi connectivity index (χ3n) is 1.26. The maximum atomic E-state index is 8.93. The Morgan fingerprint density at radius 2 is 2.33 bits per heavy atom. The summed E-state index contributed by atoms with van der Waals surface area (Å²) in [5.74, 6) is 1.00. The van der Waals surface area contributed by atoms with Crippen LogP contribution in [0.15, 0.2) is 12.1 Å². The highest BCUT2D eigenvalue weighted by Gasteiger charge is 1.96. The van der Waals surface area contributed by atoms with E-state index in [2.05, 4.69) is 15.5 Å². The zero-order valence-corrected chi connectivity index (χ0v) is 6.86. The number of nitrogens with one attached hydrogen (secondary N) is 1. The Kier molecular flexibility index (Phi) is 2.82. The maximum Gasteiger partial charge on any atom is 0.148 e. The number of anilines is 2. The van der Waals surface area contributed by atoms with Crippen molar-refractivity contribution in [3.8, 4) is 0 Å². The molecule has 0 aliphatic carbocycles. The fourth-order valence-electron chi connectivity index (χ4n) is 0.689. The van der Waals surface area contributed by atoms with Gasteiger partial charge < -0.3 is 16.2 Å². The summed E-state index contributed by atoms with van der Waals surface area (Å²) in [4.78, 5) is 0. The van der Waals surface area contributed by atoms with E-state index in [1.165, 1.54) is 0 Å². The van der Waals surface area contributed by atoms with Crippen molar-refractivity contribution in [2.75, 3.05) is 17.6 Å². The lowest BCUT2D eigenvalue weighted by Gasteiger charge is -2.05. The van der Waals surface area contributed by atoms with Crippen LogP contribution < -0.4 is 11.1 Å². The van der Waals surface area contributed by atoms with E-state index in [1.807, 2.05) is 0 Å². The van der Waals surface area contributed by atoms with Gasteiger partial charge in [0.25, 0.3) is 0 Å². The minimum Gasteiger partial charge on any atom is -0.392 e. The van der Waals surface area contributed by atoms with Crippen molar-refractivity contribution in [3.05, 3.63) is 12.1 Å². The van der Waals surface area contributed by atoms with Crippen molar-refractivity contribution in [2.45, 2.75) is 13.0 Å². The molecule has 0 bridgehead atoms. The molecule has 4 N–H and O–H groups in total. The van der Waals surface area contributed by atoms with Crippen molar-refractivity contribution in [1.82, 2.24) is 10.2 Å². The normalized spacial score (nSPS) is 12.5. The topological polar surface area (TPSA) is 84.1 Å². The predicted octanol–water partition coefficient (Wildman–Crippen LogP) is -0.149. The molecule has 0 aliphatic heterocycles. The van der Waals surface area contributed by atoms with Gasteiger partial charge in [-0.2, -0.15) is 0 Å². The van der Waals surface area contributed by atoms with E-state index >= 15 is 0 Å². The molecule has 5 heteroatoms. The molecular formula is C7H12N4O. The highest BCUT2D eigenvalue weighted by atomic mass is 16.3. The number of aromatic nitrogens is 2. The zero-order valence-electron chi connectivity index (χ0n) is 6.86. The third kappa shape index (κ3) is 2.71. The second-order valence-corrected chi connectivity index (χ2v) is 2.57. The molecule has 0 spiro atoms. The summed E-state index contributed by atoms with van der Waals surface area (Å²) in [6, 6.07) is 3.36. The summed E-state index contributed by atoms with van der Waals surface area (Å²) >= 11 is 0. The summed E-state index contributed by atoms with van der Waals surface area (Å²) in [7, 11) is 0. The molecule has 0 fully saturated rings. The van der Waals surface area contributed by atoms with Crippen molar-refractivity contribution in [2.24, 2.45) is 0 Å². The Morgan fingerprint density at radius 3 is 2.83 bits per heavy atom. The molecule has 1 aromatic heterocycles. The maximum absolute atomic E-state index is 8.93. The average Bonchev–Trinajstić information content (AvgIpc) is 2.03. The summed E-state index contributed by atoms with van der Waals surface area (Å²) in [6.07, 6.45) is -0.399. The number of nitrogens with two attached hydrogens (primary N) is 1. The van der Waals surface area contributed by atoms with E-state index in [9.17, 15) is 0 Å². The third-order valence-corrected chi connectivity index (χ3v) is 1.26. The van der Waals surface area contributed by atoms with E-state index in [1.54, 1.807) is 19.1 Å². The molecular weight excluding hydrogens is 156 g/mol. The molecule has 1 atom stereocenters. The van der Waals surface area contributed by atoms with E-state index in [4.69, 9.17) is 10.8 Å². The van der Waals surface area contributed by atoms with Crippen molar-refractivity contribution < 1.29 is 5.11 Å². The van der Waals surface area contributed by atoms with Crippen molar-refractivity contribution in [1.29, 1.82) is 0 Å². The first kappa shape index (κ1) is 8.73. The Hall–Kier alpha value is -1.36. The first-order chi connectivity index (χ1) is 5.68. The number of nitrogens with zero attached hydrogens (tertiary/aromatic N) is 2. The van der Waals surface area contributed by atoms with Crippen molar-refractivity contribution >= 4 is 11.6 Å². The molecule has 1 heterocycles. The number of aliphatic hydroxyl groups excluding tert-OH is 1. The van der Waals surface area contributed by atoms with Gasteiger partial charge in [0.05, 0.1) is 6.10 Å². The molecule has 0 amide bonds. The van der Waals surface area contributed by atoms with Gasteiger partial charge in [0, 0.05) is 6.54 Å². The van der Waals surface area contributed by atoms with Gasteiger partial charge in [-0.1, -0.05) is 0 Å². The highest BCUT2D eigenvalue weighted by molar-refractivity contribution is 5.38. The lowest BCUT2D eigenvalue weighted by atomic mass is 10.4. The van der Waals surface area contributed by atoms with Gasteiger partial charge >= 0.3 is 0 Å². The van der Waals surface area contributed by atoms with Crippen LogP contribution in [-0.2, 0) is 0 Å². The predicted molar refractivity (Wildman–Crippen MR) is 46.6 cm³/mol. The molecule has 1 unspecified atom stereocenters. The zero-order chi connectivity index (χ0) is 8.97. The molecule has 1 aromatic rings. The van der Waals surface area contributed by atoms with E-state index < -0.39 is 6.10 Å². The Morgan fingerprint density at radius 1 is 1.58 bits per heavy atom. The van der Waals surface area contributed by atoms with Crippen LogP contribution in [0.5, 0.6) is 0 Å². The Bertz CT molecular complexity index is 234. The first-order valence-electron chi connectivity index (χ1n) is 3.69. The van der Waals surface area contributed by atoms with E-state index in [-0.39, 0.29) is 0 Å². The lowest BCUT2D eigenvalue weighted by molar-refractivity contribution is 0.208. The summed E-state index contributed by atoms with van der Waals surface area (Å²) in [5.41, 5.74) is 5.33. The number of nitrogen functional groups attached to an aromatic ring is 1.